The molecule has 0 aliphatic rings. The number of benzene rings is 1. The van der Waals surface area contributed by atoms with Crippen LogP contribution < -0.4 is 0 Å². The second-order valence-electron chi connectivity index (χ2n) is 3.36. The van der Waals surface area contributed by atoms with Gasteiger partial charge in [0.25, 0.3) is 5.78 Å². The molecule has 0 radical (unpaired) electrons. The van der Waals surface area contributed by atoms with Crippen LogP contribution >= 0.6 is 0 Å². The van der Waals surface area contributed by atoms with Crippen molar-refractivity contribution in [1.82, 2.24) is 0 Å². The van der Waals surface area contributed by atoms with Gasteiger partial charge in [0.1, 0.15) is 5.76 Å². The Labute approximate surface area is 105 Å². The van der Waals surface area contributed by atoms with E-state index in [0.29, 0.717) is 5.56 Å². The monoisotopic (exact) mass is 246 g/mol. The van der Waals surface area contributed by atoms with Crippen LogP contribution in [0.3, 0.4) is 0 Å². The second kappa shape index (κ2) is 7.06. The quantitative estimate of drug-likeness (QED) is 0.284. The van der Waals surface area contributed by atoms with Gasteiger partial charge in [-0.05, 0) is 19.1 Å². The molecule has 0 heterocycles. The Hall–Kier alpha value is -2.36. The maximum absolute atomic E-state index is 11.2. The van der Waals surface area contributed by atoms with Crippen LogP contribution in [0.25, 0.3) is 5.76 Å². The number of hydrogen-bond donors (Lipinski definition) is 1. The molecule has 4 heteroatoms. The number of rotatable bonds is 5. The van der Waals surface area contributed by atoms with Crippen molar-refractivity contribution in [2.75, 3.05) is 6.61 Å². The molecule has 0 unspecified atom stereocenters. The van der Waals surface area contributed by atoms with E-state index in [4.69, 9.17) is 0 Å². The summed E-state index contributed by atoms with van der Waals surface area (Å²) in [5.74, 6) is -1.64. The minimum Gasteiger partial charge on any atom is -0.507 e. The molecule has 1 aromatic rings. The summed E-state index contributed by atoms with van der Waals surface area (Å²) in [6, 6.07) is 8.86. The number of aliphatic hydroxyl groups is 1. The SMILES string of the molecule is CCOC(=O)C(=O)C=CC=C(O)c1ccccc1. The Balaban J connectivity index is 2.64. The van der Waals surface area contributed by atoms with E-state index in [0.717, 1.165) is 6.08 Å². The standard InChI is InChI=1S/C14H14O4/c1-2-18-14(17)13(16)10-6-9-12(15)11-7-4-3-5-8-11/h3-10,15H,2H2,1H3. The molecule has 0 bridgehead atoms. The van der Waals surface area contributed by atoms with Gasteiger partial charge in [-0.15, -0.1) is 0 Å². The predicted molar refractivity (Wildman–Crippen MR) is 67.8 cm³/mol. The highest BCUT2D eigenvalue weighted by molar-refractivity contribution is 6.38. The molecule has 0 spiro atoms. The number of hydrogen-bond acceptors (Lipinski definition) is 4. The van der Waals surface area contributed by atoms with Crippen molar-refractivity contribution in [2.24, 2.45) is 0 Å². The number of ether oxygens (including phenoxy) is 1. The number of carbonyl (C=O) groups is 2. The van der Waals surface area contributed by atoms with Gasteiger partial charge in [0.05, 0.1) is 6.61 Å². The van der Waals surface area contributed by atoms with Crippen LogP contribution in [0.5, 0.6) is 0 Å². The van der Waals surface area contributed by atoms with Crippen LogP contribution in [0.1, 0.15) is 12.5 Å². The highest BCUT2D eigenvalue weighted by Gasteiger charge is 2.09. The van der Waals surface area contributed by atoms with E-state index in [9.17, 15) is 14.7 Å². The lowest BCUT2D eigenvalue weighted by atomic mass is 10.2. The Bertz CT molecular complexity index is 472. The van der Waals surface area contributed by atoms with Crippen molar-refractivity contribution in [3.05, 3.63) is 54.1 Å². The normalized spacial score (nSPS) is 11.5. The van der Waals surface area contributed by atoms with Crippen molar-refractivity contribution >= 4 is 17.5 Å². The maximum Gasteiger partial charge on any atom is 0.379 e. The van der Waals surface area contributed by atoms with Crippen molar-refractivity contribution in [3.8, 4) is 0 Å². The van der Waals surface area contributed by atoms with E-state index >= 15 is 0 Å². The van der Waals surface area contributed by atoms with Gasteiger partial charge in [-0.2, -0.15) is 0 Å². The number of ketones is 1. The van der Waals surface area contributed by atoms with E-state index in [1.165, 1.54) is 12.2 Å². The van der Waals surface area contributed by atoms with Gasteiger partial charge >= 0.3 is 5.97 Å². The summed E-state index contributed by atoms with van der Waals surface area (Å²) in [6.45, 7) is 1.78. The summed E-state index contributed by atoms with van der Waals surface area (Å²) in [4.78, 5) is 22.2. The van der Waals surface area contributed by atoms with Gasteiger partial charge in [-0.1, -0.05) is 36.4 Å². The summed E-state index contributed by atoms with van der Waals surface area (Å²) >= 11 is 0. The van der Waals surface area contributed by atoms with Gasteiger partial charge in [0, 0.05) is 5.56 Å². The number of carbonyl (C=O) groups excluding carboxylic acids is 2. The van der Waals surface area contributed by atoms with Crippen LogP contribution in [-0.4, -0.2) is 23.5 Å². The number of allylic oxidation sites excluding steroid dienone is 2. The molecule has 1 rings (SSSR count). The predicted octanol–water partition coefficient (Wildman–Crippen LogP) is 2.27. The lowest BCUT2D eigenvalue weighted by molar-refractivity contribution is -0.151. The van der Waals surface area contributed by atoms with Crippen molar-refractivity contribution < 1.29 is 19.4 Å². The molecule has 18 heavy (non-hydrogen) atoms. The first-order valence-electron chi connectivity index (χ1n) is 5.49. The smallest absolute Gasteiger partial charge is 0.379 e. The van der Waals surface area contributed by atoms with Gasteiger partial charge in [-0.3, -0.25) is 4.79 Å². The number of esters is 1. The zero-order chi connectivity index (χ0) is 13.4. The summed E-state index contributed by atoms with van der Waals surface area (Å²) in [5.41, 5.74) is 0.630. The highest BCUT2D eigenvalue weighted by atomic mass is 16.5. The molecule has 1 aromatic carbocycles. The zero-order valence-corrected chi connectivity index (χ0v) is 10.00. The van der Waals surface area contributed by atoms with Crippen LogP contribution in [0, 0.1) is 0 Å². The van der Waals surface area contributed by atoms with Crippen molar-refractivity contribution in [2.45, 2.75) is 6.92 Å². The highest BCUT2D eigenvalue weighted by Crippen LogP contribution is 2.09. The van der Waals surface area contributed by atoms with Gasteiger partial charge < -0.3 is 9.84 Å². The fraction of sp³-hybridized carbons (Fsp3) is 0.143. The zero-order valence-electron chi connectivity index (χ0n) is 10.00. The molecule has 0 saturated carbocycles. The average molecular weight is 246 g/mol. The van der Waals surface area contributed by atoms with Crippen LogP contribution in [-0.2, 0) is 14.3 Å². The van der Waals surface area contributed by atoms with Crippen LogP contribution in [0.2, 0.25) is 0 Å². The molecule has 0 amide bonds. The molecular weight excluding hydrogens is 232 g/mol. The fourth-order valence-corrected chi connectivity index (χ4v) is 1.20. The van der Waals surface area contributed by atoms with E-state index in [1.54, 1.807) is 31.2 Å². The van der Waals surface area contributed by atoms with Crippen LogP contribution in [0.15, 0.2) is 48.6 Å². The van der Waals surface area contributed by atoms with E-state index < -0.39 is 11.8 Å². The first-order valence-corrected chi connectivity index (χ1v) is 5.49. The molecule has 1 N–H and O–H groups in total. The molecule has 4 nitrogen and oxygen atoms in total. The lowest BCUT2D eigenvalue weighted by Gasteiger charge is -1.97. The molecule has 0 aliphatic heterocycles. The molecule has 94 valence electrons. The first kappa shape index (κ1) is 13.7. The van der Waals surface area contributed by atoms with Crippen molar-refractivity contribution in [1.29, 1.82) is 0 Å². The Morgan fingerprint density at radius 1 is 1.28 bits per heavy atom. The molecule has 0 atom stereocenters. The summed E-state index contributed by atoms with van der Waals surface area (Å²) in [6.07, 6.45) is 3.70. The van der Waals surface area contributed by atoms with Gasteiger partial charge in [0.2, 0.25) is 0 Å². The molecule has 0 aliphatic carbocycles. The number of aliphatic hydroxyl groups excluding tert-OH is 1. The van der Waals surface area contributed by atoms with E-state index in [1.807, 2.05) is 6.07 Å². The summed E-state index contributed by atoms with van der Waals surface area (Å²) in [7, 11) is 0. The third kappa shape index (κ3) is 4.25. The minimum absolute atomic E-state index is 0.0171. The minimum atomic E-state index is -0.902. The van der Waals surface area contributed by atoms with E-state index in [2.05, 4.69) is 4.74 Å². The second-order valence-corrected chi connectivity index (χ2v) is 3.36. The Kier molecular flexibility index (Phi) is 5.38. The molecule has 0 saturated heterocycles. The lowest BCUT2D eigenvalue weighted by Crippen LogP contribution is -2.14. The fourth-order valence-electron chi connectivity index (χ4n) is 1.20. The molecular formula is C14H14O4. The Morgan fingerprint density at radius 3 is 2.56 bits per heavy atom. The van der Waals surface area contributed by atoms with Crippen molar-refractivity contribution in [3.63, 3.8) is 0 Å². The van der Waals surface area contributed by atoms with Gasteiger partial charge in [-0.25, -0.2) is 4.79 Å². The van der Waals surface area contributed by atoms with E-state index in [-0.39, 0.29) is 12.4 Å². The van der Waals surface area contributed by atoms with Gasteiger partial charge in [0.15, 0.2) is 0 Å². The first-order chi connectivity index (χ1) is 8.65. The third-order valence-corrected chi connectivity index (χ3v) is 2.05. The summed E-state index contributed by atoms with van der Waals surface area (Å²) < 4.78 is 4.52. The third-order valence-electron chi connectivity index (χ3n) is 2.05. The topological polar surface area (TPSA) is 63.6 Å². The largest absolute Gasteiger partial charge is 0.507 e. The average Bonchev–Trinajstić information content (AvgIpc) is 2.39. The maximum atomic E-state index is 11.2. The summed E-state index contributed by atoms with van der Waals surface area (Å²) in [5, 5.41) is 9.66. The molecule has 0 aromatic heterocycles. The molecule has 0 fully saturated rings. The van der Waals surface area contributed by atoms with Crippen LogP contribution in [0.4, 0.5) is 0 Å². The Morgan fingerprint density at radius 2 is 1.94 bits per heavy atom.